The molecule has 3 heterocycles. The Morgan fingerprint density at radius 3 is 2.50 bits per heavy atom. The fourth-order valence-corrected chi connectivity index (χ4v) is 5.66. The van der Waals surface area contributed by atoms with Gasteiger partial charge in [-0.3, -0.25) is 14.5 Å². The maximum absolute atomic E-state index is 13.0. The van der Waals surface area contributed by atoms with Gasteiger partial charge in [0.2, 0.25) is 11.8 Å². The first-order valence-electron chi connectivity index (χ1n) is 10.9. The van der Waals surface area contributed by atoms with Crippen LogP contribution in [0, 0.1) is 0 Å². The van der Waals surface area contributed by atoms with Gasteiger partial charge in [-0.2, -0.15) is 0 Å². The third-order valence-electron chi connectivity index (χ3n) is 6.41. The van der Waals surface area contributed by atoms with E-state index in [2.05, 4.69) is 0 Å². The number of rotatable bonds is 4. The highest BCUT2D eigenvalue weighted by Crippen LogP contribution is 2.35. The predicted octanol–water partition coefficient (Wildman–Crippen LogP) is 3.31. The topological polar surface area (TPSA) is 70.2 Å². The summed E-state index contributed by atoms with van der Waals surface area (Å²) in [6.45, 7) is 1.54. The van der Waals surface area contributed by atoms with Crippen LogP contribution in [-0.2, 0) is 14.3 Å². The van der Waals surface area contributed by atoms with Gasteiger partial charge in [-0.15, -0.1) is 11.8 Å². The molecule has 166 valence electrons. The van der Waals surface area contributed by atoms with Crippen LogP contribution in [0.5, 0.6) is 0 Å². The van der Waals surface area contributed by atoms with E-state index in [0.29, 0.717) is 38.3 Å². The van der Waals surface area contributed by atoms with Crippen LogP contribution >= 0.6 is 11.8 Å². The van der Waals surface area contributed by atoms with Gasteiger partial charge in [0.25, 0.3) is 0 Å². The first-order valence-corrected chi connectivity index (χ1v) is 11.9. The van der Waals surface area contributed by atoms with Crippen molar-refractivity contribution in [1.29, 1.82) is 0 Å². The van der Waals surface area contributed by atoms with E-state index >= 15 is 0 Å². The molecule has 0 N–H and O–H groups in total. The highest BCUT2D eigenvalue weighted by atomic mass is 32.2. The Morgan fingerprint density at radius 2 is 1.72 bits per heavy atom. The number of hydrogen-bond donors (Lipinski definition) is 0. The molecule has 2 saturated heterocycles. The fraction of sp³-hybridized carbons (Fsp3) is 0.375. The molecule has 32 heavy (non-hydrogen) atoms. The standard InChI is InChI=1S/C24H25N3O4S/c28-22(14-26-19-8-4-5-9-21(19)32-16-23(26)29)25-12-10-18(11-13-25)27-20(15-31-24(27)30)17-6-2-1-3-7-17/h1-9,18,20H,10-16H2. The fourth-order valence-electron chi connectivity index (χ4n) is 4.72. The number of piperidine rings is 1. The summed E-state index contributed by atoms with van der Waals surface area (Å²) >= 11 is 1.51. The molecular formula is C24H25N3O4S. The molecule has 0 aromatic heterocycles. The zero-order valence-corrected chi connectivity index (χ0v) is 18.5. The lowest BCUT2D eigenvalue weighted by Crippen LogP contribution is -2.51. The molecule has 1 unspecified atom stereocenters. The molecule has 2 aromatic carbocycles. The second-order valence-electron chi connectivity index (χ2n) is 8.26. The molecule has 2 aromatic rings. The second kappa shape index (κ2) is 8.86. The lowest BCUT2D eigenvalue weighted by Gasteiger charge is -2.38. The Morgan fingerprint density at radius 1 is 1.00 bits per heavy atom. The molecule has 5 rings (SSSR count). The smallest absolute Gasteiger partial charge is 0.410 e. The van der Waals surface area contributed by atoms with Crippen LogP contribution in [0.1, 0.15) is 24.4 Å². The molecule has 8 heteroatoms. The number of nitrogens with zero attached hydrogens (tertiary/aromatic N) is 3. The van der Waals surface area contributed by atoms with E-state index in [0.717, 1.165) is 16.1 Å². The summed E-state index contributed by atoms with van der Waals surface area (Å²) in [6, 6.07) is 17.6. The van der Waals surface area contributed by atoms with Gasteiger partial charge in [0.15, 0.2) is 0 Å². The molecule has 0 spiro atoms. The average Bonchev–Trinajstić information content (AvgIpc) is 3.23. The number of fused-ring (bicyclic) bond motifs is 1. The lowest BCUT2D eigenvalue weighted by molar-refractivity contribution is -0.132. The van der Waals surface area contributed by atoms with E-state index in [4.69, 9.17) is 4.74 Å². The number of cyclic esters (lactones) is 1. The highest BCUT2D eigenvalue weighted by Gasteiger charge is 2.40. The zero-order valence-electron chi connectivity index (χ0n) is 17.7. The molecule has 0 bridgehead atoms. The average molecular weight is 452 g/mol. The first-order chi connectivity index (χ1) is 15.6. The minimum Gasteiger partial charge on any atom is -0.447 e. The number of hydrogen-bond acceptors (Lipinski definition) is 5. The SMILES string of the molecule is O=C(CN1C(=O)CSc2ccccc21)N1CCC(N2C(=O)OCC2c2ccccc2)CC1. The number of anilines is 1. The van der Waals surface area contributed by atoms with Crippen LogP contribution in [0.2, 0.25) is 0 Å². The van der Waals surface area contributed by atoms with Crippen LogP contribution in [-0.4, -0.2) is 65.7 Å². The molecule has 2 fully saturated rings. The van der Waals surface area contributed by atoms with E-state index in [1.165, 1.54) is 11.8 Å². The maximum Gasteiger partial charge on any atom is 0.410 e. The third kappa shape index (κ3) is 3.95. The Bertz CT molecular complexity index is 1020. The highest BCUT2D eigenvalue weighted by molar-refractivity contribution is 8.00. The Labute approximate surface area is 191 Å². The molecule has 3 amide bonds. The molecule has 0 saturated carbocycles. The summed E-state index contributed by atoms with van der Waals surface area (Å²) in [5.41, 5.74) is 1.87. The molecular weight excluding hydrogens is 426 g/mol. The van der Waals surface area contributed by atoms with Crippen molar-refractivity contribution in [2.45, 2.75) is 29.8 Å². The van der Waals surface area contributed by atoms with Crippen molar-refractivity contribution in [3.63, 3.8) is 0 Å². The zero-order chi connectivity index (χ0) is 22.1. The van der Waals surface area contributed by atoms with Crippen molar-refractivity contribution in [3.8, 4) is 0 Å². The summed E-state index contributed by atoms with van der Waals surface area (Å²) in [6.07, 6.45) is 1.12. The molecule has 0 aliphatic carbocycles. The van der Waals surface area contributed by atoms with Crippen LogP contribution in [0.15, 0.2) is 59.5 Å². The van der Waals surface area contributed by atoms with Gasteiger partial charge in [-0.1, -0.05) is 42.5 Å². The summed E-state index contributed by atoms with van der Waals surface area (Å²) in [5, 5.41) is 0. The quantitative estimate of drug-likeness (QED) is 0.713. The number of likely N-dealkylation sites (tertiary alicyclic amines) is 1. The summed E-state index contributed by atoms with van der Waals surface area (Å²) in [7, 11) is 0. The second-order valence-corrected chi connectivity index (χ2v) is 9.28. The Kier molecular flexibility index (Phi) is 5.78. The van der Waals surface area contributed by atoms with Crippen molar-refractivity contribution in [3.05, 3.63) is 60.2 Å². The first kappa shape index (κ1) is 20.9. The number of amides is 3. The van der Waals surface area contributed by atoms with Crippen LogP contribution in [0.25, 0.3) is 0 Å². The van der Waals surface area contributed by atoms with Gasteiger partial charge >= 0.3 is 6.09 Å². The summed E-state index contributed by atoms with van der Waals surface area (Å²) < 4.78 is 5.37. The minimum atomic E-state index is -0.281. The van der Waals surface area contributed by atoms with Gasteiger partial charge in [0.1, 0.15) is 13.2 Å². The third-order valence-corrected chi connectivity index (χ3v) is 7.46. The lowest BCUT2D eigenvalue weighted by atomic mass is 9.99. The van der Waals surface area contributed by atoms with Gasteiger partial charge in [0.05, 0.1) is 17.5 Å². The normalized spacial score (nSPS) is 21.5. The number of carbonyl (C=O) groups excluding carboxylic acids is 3. The maximum atomic E-state index is 13.0. The Balaban J connectivity index is 1.23. The largest absolute Gasteiger partial charge is 0.447 e. The van der Waals surface area contributed by atoms with Crippen LogP contribution in [0.3, 0.4) is 0 Å². The predicted molar refractivity (Wildman–Crippen MR) is 121 cm³/mol. The van der Waals surface area contributed by atoms with Gasteiger partial charge in [-0.05, 0) is 30.5 Å². The van der Waals surface area contributed by atoms with E-state index in [-0.39, 0.29) is 36.5 Å². The summed E-state index contributed by atoms with van der Waals surface area (Å²) in [4.78, 5) is 44.3. The van der Waals surface area contributed by atoms with E-state index in [1.807, 2.05) is 64.4 Å². The van der Waals surface area contributed by atoms with Crippen molar-refractivity contribution in [1.82, 2.24) is 9.80 Å². The van der Waals surface area contributed by atoms with Gasteiger partial charge < -0.3 is 14.5 Å². The molecule has 1 atom stereocenters. The van der Waals surface area contributed by atoms with Crippen LogP contribution in [0.4, 0.5) is 10.5 Å². The van der Waals surface area contributed by atoms with Gasteiger partial charge in [0, 0.05) is 24.0 Å². The van der Waals surface area contributed by atoms with Crippen molar-refractivity contribution in [2.24, 2.45) is 0 Å². The number of thioether (sulfide) groups is 1. The Hall–Kier alpha value is -3.00. The number of benzene rings is 2. The van der Waals surface area contributed by atoms with Crippen molar-refractivity contribution >= 4 is 35.4 Å². The monoisotopic (exact) mass is 451 g/mol. The molecule has 3 aliphatic rings. The molecule has 7 nitrogen and oxygen atoms in total. The number of ether oxygens (including phenoxy) is 1. The number of para-hydroxylation sites is 1. The molecule has 3 aliphatic heterocycles. The minimum absolute atomic E-state index is 0.0352. The molecule has 0 radical (unpaired) electrons. The van der Waals surface area contributed by atoms with Crippen molar-refractivity contribution in [2.75, 3.05) is 36.9 Å². The van der Waals surface area contributed by atoms with Gasteiger partial charge in [-0.25, -0.2) is 4.79 Å². The van der Waals surface area contributed by atoms with E-state index < -0.39 is 0 Å². The van der Waals surface area contributed by atoms with E-state index in [9.17, 15) is 14.4 Å². The number of carbonyl (C=O) groups is 3. The van der Waals surface area contributed by atoms with Crippen LogP contribution < -0.4 is 4.90 Å². The van der Waals surface area contributed by atoms with Crippen molar-refractivity contribution < 1.29 is 19.1 Å². The summed E-state index contributed by atoms with van der Waals surface area (Å²) in [5.74, 6) is 0.259. The van der Waals surface area contributed by atoms with E-state index in [1.54, 1.807) is 4.90 Å².